The van der Waals surface area contributed by atoms with Gasteiger partial charge in [-0.15, -0.1) is 0 Å². The molecule has 0 heterocycles. The van der Waals surface area contributed by atoms with E-state index in [0.29, 0.717) is 13.1 Å². The Labute approximate surface area is 114 Å². The number of carbonyl (C=O) groups is 1. The van der Waals surface area contributed by atoms with E-state index in [0.717, 1.165) is 11.3 Å². The number of hydrogen-bond acceptors (Lipinski definition) is 4. The summed E-state index contributed by atoms with van der Waals surface area (Å²) in [6, 6.07) is 7.43. The van der Waals surface area contributed by atoms with Crippen LogP contribution in [0.3, 0.4) is 0 Å². The third kappa shape index (κ3) is 6.33. The van der Waals surface area contributed by atoms with Gasteiger partial charge in [-0.25, -0.2) is 0 Å². The van der Waals surface area contributed by atoms with Gasteiger partial charge in [0.05, 0.1) is 12.1 Å². The normalized spacial score (nSPS) is 11.7. The van der Waals surface area contributed by atoms with Crippen molar-refractivity contribution >= 4 is 11.6 Å². The molecule has 5 heteroatoms. The third-order valence-corrected chi connectivity index (χ3v) is 2.54. The molecule has 0 aliphatic rings. The van der Waals surface area contributed by atoms with Crippen molar-refractivity contribution in [2.75, 3.05) is 25.5 Å². The molecule has 19 heavy (non-hydrogen) atoms. The summed E-state index contributed by atoms with van der Waals surface area (Å²) in [6.07, 6.45) is 0. The number of nitrogens with zero attached hydrogens (tertiary/aromatic N) is 1. The summed E-state index contributed by atoms with van der Waals surface area (Å²) in [5.41, 5.74) is 6.47. The molecule has 0 fully saturated rings. The van der Waals surface area contributed by atoms with E-state index in [1.54, 1.807) is 25.8 Å². The van der Waals surface area contributed by atoms with Crippen molar-refractivity contribution in [3.63, 3.8) is 0 Å². The quantitative estimate of drug-likeness (QED) is 0.710. The van der Waals surface area contributed by atoms with Gasteiger partial charge < -0.3 is 16.2 Å². The molecule has 0 saturated heterocycles. The minimum atomic E-state index is -0.808. The van der Waals surface area contributed by atoms with Crippen molar-refractivity contribution in [3.05, 3.63) is 29.8 Å². The van der Waals surface area contributed by atoms with Crippen LogP contribution in [0.25, 0.3) is 0 Å². The molecule has 1 aromatic carbocycles. The number of anilines is 1. The predicted octanol–water partition coefficient (Wildman–Crippen LogP) is 0.786. The first-order chi connectivity index (χ1) is 8.80. The highest BCUT2D eigenvalue weighted by Gasteiger charge is 2.17. The second-order valence-corrected chi connectivity index (χ2v) is 5.43. The van der Waals surface area contributed by atoms with E-state index < -0.39 is 5.60 Å². The molecule has 0 aliphatic heterocycles. The number of hydrogen-bond donors (Lipinski definition) is 3. The SMILES string of the molecule is CN(CC(=O)Nc1ccc(CN)cc1)CC(C)(C)O. The van der Waals surface area contributed by atoms with Crippen LogP contribution in [0.1, 0.15) is 19.4 Å². The van der Waals surface area contributed by atoms with Gasteiger partial charge in [-0.05, 0) is 38.6 Å². The van der Waals surface area contributed by atoms with Crippen LogP contribution in [-0.2, 0) is 11.3 Å². The maximum Gasteiger partial charge on any atom is 0.238 e. The summed E-state index contributed by atoms with van der Waals surface area (Å²) >= 11 is 0. The van der Waals surface area contributed by atoms with E-state index in [1.807, 2.05) is 24.3 Å². The number of rotatable bonds is 6. The maximum absolute atomic E-state index is 11.8. The number of nitrogens with one attached hydrogen (secondary N) is 1. The van der Waals surface area contributed by atoms with Crippen molar-refractivity contribution in [1.82, 2.24) is 4.90 Å². The van der Waals surface area contributed by atoms with Crippen molar-refractivity contribution in [3.8, 4) is 0 Å². The van der Waals surface area contributed by atoms with Crippen molar-refractivity contribution in [2.45, 2.75) is 26.0 Å². The topological polar surface area (TPSA) is 78.6 Å². The Bertz CT molecular complexity index is 410. The molecule has 0 aromatic heterocycles. The molecule has 0 aliphatic carbocycles. The van der Waals surface area contributed by atoms with Crippen LogP contribution in [0.5, 0.6) is 0 Å². The van der Waals surface area contributed by atoms with Crippen LogP contribution in [0, 0.1) is 0 Å². The van der Waals surface area contributed by atoms with Crippen LogP contribution < -0.4 is 11.1 Å². The van der Waals surface area contributed by atoms with E-state index in [-0.39, 0.29) is 12.5 Å². The lowest BCUT2D eigenvalue weighted by atomic mass is 10.1. The molecule has 0 bridgehead atoms. The average molecular weight is 265 g/mol. The number of carbonyl (C=O) groups excluding carboxylic acids is 1. The van der Waals surface area contributed by atoms with E-state index >= 15 is 0 Å². The van der Waals surface area contributed by atoms with Crippen LogP contribution in [0.4, 0.5) is 5.69 Å². The number of benzene rings is 1. The second kappa shape index (κ2) is 6.65. The fourth-order valence-electron chi connectivity index (χ4n) is 1.89. The maximum atomic E-state index is 11.8. The highest BCUT2D eigenvalue weighted by molar-refractivity contribution is 5.92. The molecule has 0 atom stereocenters. The fraction of sp³-hybridized carbons (Fsp3) is 0.500. The van der Waals surface area contributed by atoms with Gasteiger partial charge in [-0.3, -0.25) is 9.69 Å². The largest absolute Gasteiger partial charge is 0.389 e. The Kier molecular flexibility index (Phi) is 5.47. The smallest absolute Gasteiger partial charge is 0.238 e. The van der Waals surface area contributed by atoms with Gasteiger partial charge >= 0.3 is 0 Å². The van der Waals surface area contributed by atoms with Crippen LogP contribution >= 0.6 is 0 Å². The van der Waals surface area contributed by atoms with Gasteiger partial charge in [0.1, 0.15) is 0 Å². The van der Waals surface area contributed by atoms with Crippen LogP contribution in [-0.4, -0.2) is 41.7 Å². The molecular formula is C14H23N3O2. The summed E-state index contributed by atoms with van der Waals surface area (Å²) in [5.74, 6) is -0.104. The molecule has 5 nitrogen and oxygen atoms in total. The minimum absolute atomic E-state index is 0.104. The molecule has 0 unspecified atom stereocenters. The lowest BCUT2D eigenvalue weighted by Gasteiger charge is -2.24. The van der Waals surface area contributed by atoms with E-state index in [2.05, 4.69) is 5.32 Å². The van der Waals surface area contributed by atoms with Crippen molar-refractivity contribution in [1.29, 1.82) is 0 Å². The summed E-state index contributed by atoms with van der Waals surface area (Å²) in [6.45, 7) is 4.59. The van der Waals surface area contributed by atoms with Crippen molar-refractivity contribution < 1.29 is 9.90 Å². The molecule has 4 N–H and O–H groups in total. The van der Waals surface area contributed by atoms with Gasteiger partial charge in [0.2, 0.25) is 5.91 Å². The Morgan fingerprint density at radius 3 is 2.42 bits per heavy atom. The zero-order valence-corrected chi connectivity index (χ0v) is 11.8. The molecule has 1 aromatic rings. The Morgan fingerprint density at radius 2 is 1.95 bits per heavy atom. The standard InChI is InChI=1S/C14H23N3O2/c1-14(2,19)10-17(3)9-13(18)16-12-6-4-11(8-15)5-7-12/h4-7,19H,8-10,15H2,1-3H3,(H,16,18). The van der Waals surface area contributed by atoms with Crippen LogP contribution in [0.15, 0.2) is 24.3 Å². The van der Waals surface area contributed by atoms with E-state index in [1.165, 1.54) is 0 Å². The van der Waals surface area contributed by atoms with E-state index in [9.17, 15) is 9.90 Å². The highest BCUT2D eigenvalue weighted by Crippen LogP contribution is 2.09. The number of likely N-dealkylation sites (N-methyl/N-ethyl adjacent to an activating group) is 1. The second-order valence-electron chi connectivity index (χ2n) is 5.43. The Morgan fingerprint density at radius 1 is 1.37 bits per heavy atom. The summed E-state index contributed by atoms with van der Waals surface area (Å²) in [5, 5.41) is 12.5. The predicted molar refractivity (Wildman–Crippen MR) is 76.8 cm³/mol. The first kappa shape index (κ1) is 15.6. The van der Waals surface area contributed by atoms with Crippen molar-refractivity contribution in [2.24, 2.45) is 5.73 Å². The van der Waals surface area contributed by atoms with Gasteiger partial charge in [0.25, 0.3) is 0 Å². The van der Waals surface area contributed by atoms with Gasteiger partial charge in [-0.2, -0.15) is 0 Å². The van der Waals surface area contributed by atoms with Gasteiger partial charge in [0, 0.05) is 18.8 Å². The molecule has 0 radical (unpaired) electrons. The zero-order valence-electron chi connectivity index (χ0n) is 11.8. The summed E-state index contributed by atoms with van der Waals surface area (Å²) in [4.78, 5) is 13.6. The van der Waals surface area contributed by atoms with Gasteiger partial charge in [-0.1, -0.05) is 12.1 Å². The third-order valence-electron chi connectivity index (χ3n) is 2.54. The highest BCUT2D eigenvalue weighted by atomic mass is 16.3. The molecular weight excluding hydrogens is 242 g/mol. The first-order valence-electron chi connectivity index (χ1n) is 6.30. The molecule has 0 spiro atoms. The lowest BCUT2D eigenvalue weighted by Crippen LogP contribution is -2.40. The average Bonchev–Trinajstić information content (AvgIpc) is 2.27. The van der Waals surface area contributed by atoms with E-state index in [4.69, 9.17) is 5.73 Å². The first-order valence-corrected chi connectivity index (χ1v) is 6.30. The molecule has 0 saturated carbocycles. The Balaban J connectivity index is 2.46. The summed E-state index contributed by atoms with van der Waals surface area (Å²) in [7, 11) is 1.80. The number of nitrogens with two attached hydrogens (primary N) is 1. The molecule has 1 amide bonds. The molecule has 1 rings (SSSR count). The number of aliphatic hydroxyl groups is 1. The van der Waals surface area contributed by atoms with Crippen LogP contribution in [0.2, 0.25) is 0 Å². The monoisotopic (exact) mass is 265 g/mol. The fourth-order valence-corrected chi connectivity index (χ4v) is 1.89. The molecule has 106 valence electrons. The Hall–Kier alpha value is -1.43. The zero-order chi connectivity index (χ0) is 14.5. The minimum Gasteiger partial charge on any atom is -0.389 e. The van der Waals surface area contributed by atoms with Gasteiger partial charge in [0.15, 0.2) is 0 Å². The number of amides is 1. The summed E-state index contributed by atoms with van der Waals surface area (Å²) < 4.78 is 0. The lowest BCUT2D eigenvalue weighted by molar-refractivity contribution is -0.117.